The third-order valence-electron chi connectivity index (χ3n) is 4.94. The van der Waals surface area contributed by atoms with Crippen LogP contribution in [0.2, 0.25) is 5.02 Å². The summed E-state index contributed by atoms with van der Waals surface area (Å²) < 4.78 is 48.8. The minimum Gasteiger partial charge on any atom is -0.495 e. The number of carbonyl (C=O) groups excluding carboxylic acids is 1. The van der Waals surface area contributed by atoms with Crippen molar-refractivity contribution in [2.24, 2.45) is 0 Å². The lowest BCUT2D eigenvalue weighted by Gasteiger charge is -2.18. The average molecular weight is 499 g/mol. The molecular formula is C22H27ClN2O7S. The second kappa shape index (κ2) is 11.4. The molecule has 0 unspecified atom stereocenters. The van der Waals surface area contributed by atoms with E-state index in [1.54, 1.807) is 18.2 Å². The number of sulfonamides is 1. The molecule has 0 atom stereocenters. The van der Waals surface area contributed by atoms with E-state index in [0.29, 0.717) is 66.2 Å². The van der Waals surface area contributed by atoms with Crippen molar-refractivity contribution in [2.45, 2.75) is 30.6 Å². The number of halogens is 1. The van der Waals surface area contributed by atoms with E-state index in [9.17, 15) is 13.2 Å². The van der Waals surface area contributed by atoms with Crippen LogP contribution in [0.25, 0.3) is 0 Å². The summed E-state index contributed by atoms with van der Waals surface area (Å²) in [6.07, 6.45) is 2.15. The third kappa shape index (κ3) is 6.66. The van der Waals surface area contributed by atoms with E-state index >= 15 is 0 Å². The van der Waals surface area contributed by atoms with E-state index in [-0.39, 0.29) is 23.8 Å². The van der Waals surface area contributed by atoms with Gasteiger partial charge in [-0.05, 0) is 25.0 Å². The summed E-state index contributed by atoms with van der Waals surface area (Å²) >= 11 is 6.07. The molecule has 33 heavy (non-hydrogen) atoms. The Bertz CT molecular complexity index is 1090. The van der Waals surface area contributed by atoms with Crippen LogP contribution in [-0.2, 0) is 14.8 Å². The fourth-order valence-electron chi connectivity index (χ4n) is 3.24. The highest BCUT2D eigenvalue weighted by Gasteiger charge is 2.19. The molecule has 0 fully saturated rings. The molecule has 3 rings (SSSR count). The number of fused-ring (bicyclic) bond motifs is 1. The van der Waals surface area contributed by atoms with Crippen molar-refractivity contribution < 1.29 is 32.2 Å². The van der Waals surface area contributed by atoms with Gasteiger partial charge in [-0.1, -0.05) is 18.0 Å². The highest BCUT2D eigenvalue weighted by atomic mass is 35.5. The summed E-state index contributed by atoms with van der Waals surface area (Å²) in [6, 6.07) is 7.71. The van der Waals surface area contributed by atoms with Crippen LogP contribution >= 0.6 is 11.6 Å². The van der Waals surface area contributed by atoms with E-state index < -0.39 is 10.0 Å². The van der Waals surface area contributed by atoms with Gasteiger partial charge < -0.3 is 24.3 Å². The van der Waals surface area contributed by atoms with E-state index in [4.69, 9.17) is 30.5 Å². The molecule has 1 aliphatic rings. The Morgan fingerprint density at radius 3 is 2.45 bits per heavy atom. The molecule has 180 valence electrons. The van der Waals surface area contributed by atoms with Gasteiger partial charge in [-0.3, -0.25) is 4.79 Å². The maximum Gasteiger partial charge on any atom is 0.240 e. The second-order valence-corrected chi connectivity index (χ2v) is 9.42. The van der Waals surface area contributed by atoms with Gasteiger partial charge in [0.2, 0.25) is 15.9 Å². The van der Waals surface area contributed by atoms with Gasteiger partial charge in [-0.2, -0.15) is 0 Å². The van der Waals surface area contributed by atoms with Crippen LogP contribution in [0.3, 0.4) is 0 Å². The SMILES string of the molecule is COc1cc(NC(=O)CCCCCNS(=O)(=O)c2ccc3c(c2)OCCO3)c(OC)cc1Cl. The normalized spacial score (nSPS) is 12.8. The molecule has 2 aromatic carbocycles. The molecule has 0 saturated heterocycles. The standard InChI is InChI=1S/C22H27ClN2O7S/c1-29-19-14-17(20(30-2)13-16(19)23)25-22(26)6-4-3-5-9-24-33(27,28)15-7-8-18-21(12-15)32-11-10-31-18/h7-8,12-14,24H,3-6,9-11H2,1-2H3,(H,25,26). The van der Waals surface area contributed by atoms with E-state index in [1.165, 1.54) is 26.4 Å². The first-order chi connectivity index (χ1) is 15.8. The van der Waals surface area contributed by atoms with Gasteiger partial charge >= 0.3 is 0 Å². The van der Waals surface area contributed by atoms with E-state index in [0.717, 1.165) is 0 Å². The van der Waals surface area contributed by atoms with Crippen LogP contribution in [0.5, 0.6) is 23.0 Å². The first kappa shape index (κ1) is 24.9. The predicted octanol–water partition coefficient (Wildman–Crippen LogP) is 3.61. The van der Waals surface area contributed by atoms with Crippen LogP contribution in [0.4, 0.5) is 5.69 Å². The van der Waals surface area contributed by atoms with Crippen molar-refractivity contribution in [3.63, 3.8) is 0 Å². The van der Waals surface area contributed by atoms with Crippen LogP contribution < -0.4 is 29.0 Å². The van der Waals surface area contributed by atoms with Crippen LogP contribution in [0.1, 0.15) is 25.7 Å². The summed E-state index contributed by atoms with van der Waals surface area (Å²) in [4.78, 5) is 12.4. The van der Waals surface area contributed by atoms with Gasteiger partial charge in [0.15, 0.2) is 11.5 Å². The summed E-state index contributed by atoms with van der Waals surface area (Å²) in [7, 11) is -0.684. The second-order valence-electron chi connectivity index (χ2n) is 7.25. The molecule has 0 radical (unpaired) electrons. The first-order valence-corrected chi connectivity index (χ1v) is 12.3. The number of methoxy groups -OCH3 is 2. The highest BCUT2D eigenvalue weighted by molar-refractivity contribution is 7.89. The number of nitrogens with one attached hydrogen (secondary N) is 2. The smallest absolute Gasteiger partial charge is 0.240 e. The monoisotopic (exact) mass is 498 g/mol. The number of hydrogen-bond donors (Lipinski definition) is 2. The zero-order valence-corrected chi connectivity index (χ0v) is 20.1. The van der Waals surface area contributed by atoms with Crippen LogP contribution in [0.15, 0.2) is 35.2 Å². The van der Waals surface area contributed by atoms with Gasteiger partial charge in [0.25, 0.3) is 0 Å². The van der Waals surface area contributed by atoms with E-state index in [2.05, 4.69) is 10.0 Å². The minimum absolute atomic E-state index is 0.124. The summed E-state index contributed by atoms with van der Waals surface area (Å²) in [5.74, 6) is 1.63. The summed E-state index contributed by atoms with van der Waals surface area (Å²) in [6.45, 7) is 1.09. The molecule has 0 aromatic heterocycles. The zero-order chi connectivity index (χ0) is 23.8. The molecule has 11 heteroatoms. The van der Waals surface area contributed by atoms with Crippen LogP contribution in [-0.4, -0.2) is 48.3 Å². The molecule has 1 heterocycles. The lowest BCUT2D eigenvalue weighted by atomic mass is 10.2. The molecule has 2 N–H and O–H groups in total. The molecular weight excluding hydrogens is 472 g/mol. The summed E-state index contributed by atoms with van der Waals surface area (Å²) in [5, 5.41) is 3.17. The van der Waals surface area contributed by atoms with Gasteiger partial charge in [-0.15, -0.1) is 0 Å². The molecule has 9 nitrogen and oxygen atoms in total. The molecule has 0 saturated carbocycles. The van der Waals surface area contributed by atoms with Gasteiger partial charge in [0, 0.05) is 31.2 Å². The lowest BCUT2D eigenvalue weighted by molar-refractivity contribution is -0.116. The topological polar surface area (TPSA) is 112 Å². The largest absolute Gasteiger partial charge is 0.495 e. The fourth-order valence-corrected chi connectivity index (χ4v) is 4.56. The Morgan fingerprint density at radius 2 is 1.73 bits per heavy atom. The van der Waals surface area contributed by atoms with Gasteiger partial charge in [-0.25, -0.2) is 13.1 Å². The Labute approximate surface area is 198 Å². The molecule has 0 spiro atoms. The number of unbranched alkanes of at least 4 members (excludes halogenated alkanes) is 2. The average Bonchev–Trinajstić information content (AvgIpc) is 2.81. The van der Waals surface area contributed by atoms with Gasteiger partial charge in [0.1, 0.15) is 24.7 Å². The number of anilines is 1. The van der Waals surface area contributed by atoms with Crippen molar-refractivity contribution in [3.8, 4) is 23.0 Å². The maximum absolute atomic E-state index is 12.5. The number of carbonyl (C=O) groups is 1. The van der Waals surface area contributed by atoms with E-state index in [1.807, 2.05) is 0 Å². The van der Waals surface area contributed by atoms with Crippen LogP contribution in [0, 0.1) is 0 Å². The number of amides is 1. The fraction of sp³-hybridized carbons (Fsp3) is 0.409. The van der Waals surface area contributed by atoms with Crippen molar-refractivity contribution in [3.05, 3.63) is 35.4 Å². The molecule has 0 aliphatic carbocycles. The van der Waals surface area contributed by atoms with Crippen molar-refractivity contribution in [1.82, 2.24) is 4.72 Å². The third-order valence-corrected chi connectivity index (χ3v) is 6.70. The maximum atomic E-state index is 12.5. The number of ether oxygens (including phenoxy) is 4. The number of benzene rings is 2. The van der Waals surface area contributed by atoms with Gasteiger partial charge in [0.05, 0.1) is 29.8 Å². The zero-order valence-electron chi connectivity index (χ0n) is 18.5. The molecule has 0 bridgehead atoms. The number of hydrogen-bond acceptors (Lipinski definition) is 7. The predicted molar refractivity (Wildman–Crippen MR) is 124 cm³/mol. The minimum atomic E-state index is -3.66. The Balaban J connectivity index is 1.41. The Kier molecular flexibility index (Phi) is 8.65. The molecule has 1 amide bonds. The van der Waals surface area contributed by atoms with Crippen molar-refractivity contribution in [2.75, 3.05) is 39.3 Å². The van der Waals surface area contributed by atoms with Crippen molar-refractivity contribution in [1.29, 1.82) is 0 Å². The molecule has 2 aromatic rings. The summed E-state index contributed by atoms with van der Waals surface area (Å²) in [5.41, 5.74) is 0.468. The first-order valence-electron chi connectivity index (χ1n) is 10.4. The van der Waals surface area contributed by atoms with Crippen molar-refractivity contribution >= 4 is 33.2 Å². The highest BCUT2D eigenvalue weighted by Crippen LogP contribution is 2.36. The number of rotatable bonds is 11. The Hall–Kier alpha value is -2.69. The molecule has 1 aliphatic heterocycles. The quantitative estimate of drug-likeness (QED) is 0.455. The lowest BCUT2D eigenvalue weighted by Crippen LogP contribution is -2.25. The Morgan fingerprint density at radius 1 is 1.00 bits per heavy atom.